The second kappa shape index (κ2) is 5.61. The molecule has 0 aliphatic heterocycles. The van der Waals surface area contributed by atoms with Gasteiger partial charge in [0.05, 0.1) is 18.7 Å². The van der Waals surface area contributed by atoms with Gasteiger partial charge in [-0.3, -0.25) is 5.10 Å². The van der Waals surface area contributed by atoms with Crippen LogP contribution in [0.2, 0.25) is 0 Å². The van der Waals surface area contributed by atoms with E-state index in [0.29, 0.717) is 6.42 Å². The van der Waals surface area contributed by atoms with Crippen molar-refractivity contribution in [2.75, 3.05) is 0 Å². The van der Waals surface area contributed by atoms with Gasteiger partial charge in [0.1, 0.15) is 5.56 Å². The van der Waals surface area contributed by atoms with E-state index >= 15 is 0 Å². The Balaban J connectivity index is 3.03. The van der Waals surface area contributed by atoms with Crippen LogP contribution < -0.4 is 4.72 Å². The minimum Gasteiger partial charge on any atom is -0.478 e. The van der Waals surface area contributed by atoms with Gasteiger partial charge < -0.3 is 5.11 Å². The molecule has 0 bridgehead atoms. The molecule has 8 nitrogen and oxygen atoms in total. The second-order valence-corrected chi connectivity index (χ2v) is 5.16. The summed E-state index contributed by atoms with van der Waals surface area (Å²) in [6.07, 6.45) is 1.34. The molecule has 0 aromatic carbocycles. The monoisotopic (exact) mass is 272 g/mol. The van der Waals surface area contributed by atoms with Gasteiger partial charge in [0.25, 0.3) is 10.0 Å². The zero-order valence-corrected chi connectivity index (χ0v) is 10.4. The first-order valence-electron chi connectivity index (χ1n) is 5.08. The van der Waals surface area contributed by atoms with Crippen LogP contribution in [0, 0.1) is 11.3 Å². The van der Waals surface area contributed by atoms with Crippen LogP contribution in [0.5, 0.6) is 0 Å². The van der Waals surface area contributed by atoms with Gasteiger partial charge >= 0.3 is 5.97 Å². The molecule has 1 aromatic heterocycles. The van der Waals surface area contributed by atoms with Crippen LogP contribution in [0.3, 0.4) is 0 Å². The molecule has 0 saturated heterocycles. The number of rotatable bonds is 6. The molecule has 0 saturated carbocycles. The van der Waals surface area contributed by atoms with Gasteiger partial charge in [0, 0.05) is 6.04 Å². The molecule has 1 unspecified atom stereocenters. The number of nitriles is 1. The van der Waals surface area contributed by atoms with Gasteiger partial charge in [-0.1, -0.05) is 6.92 Å². The fraction of sp³-hybridized carbons (Fsp3) is 0.444. The number of aromatic amines is 1. The normalized spacial score (nSPS) is 12.9. The third-order valence-corrected chi connectivity index (χ3v) is 3.75. The molecule has 98 valence electrons. The molecule has 0 aliphatic carbocycles. The third kappa shape index (κ3) is 3.06. The molecule has 0 radical (unpaired) electrons. The number of nitrogens with one attached hydrogen (secondary N) is 2. The lowest BCUT2D eigenvalue weighted by Crippen LogP contribution is -2.35. The number of hydrogen-bond acceptors (Lipinski definition) is 5. The van der Waals surface area contributed by atoms with Crippen molar-refractivity contribution in [2.45, 2.75) is 30.8 Å². The lowest BCUT2D eigenvalue weighted by molar-refractivity contribution is 0.0692. The summed E-state index contributed by atoms with van der Waals surface area (Å²) < 4.78 is 26.1. The Hall–Kier alpha value is -1.92. The third-order valence-electron chi connectivity index (χ3n) is 2.26. The van der Waals surface area contributed by atoms with Crippen molar-refractivity contribution in [1.82, 2.24) is 14.9 Å². The number of carbonyl (C=O) groups is 1. The smallest absolute Gasteiger partial charge is 0.340 e. The zero-order valence-electron chi connectivity index (χ0n) is 9.54. The van der Waals surface area contributed by atoms with Gasteiger partial charge in [0.2, 0.25) is 0 Å². The summed E-state index contributed by atoms with van der Waals surface area (Å²) in [6, 6.07) is 1.29. The minimum atomic E-state index is -4.03. The van der Waals surface area contributed by atoms with Gasteiger partial charge in [-0.15, -0.1) is 0 Å². The molecule has 3 N–H and O–H groups in total. The van der Waals surface area contributed by atoms with E-state index in [9.17, 15) is 13.2 Å². The van der Waals surface area contributed by atoms with Crippen molar-refractivity contribution in [2.24, 2.45) is 0 Å². The van der Waals surface area contributed by atoms with Gasteiger partial charge in [-0.25, -0.2) is 17.9 Å². The quantitative estimate of drug-likeness (QED) is 0.670. The van der Waals surface area contributed by atoms with Crippen LogP contribution in [-0.2, 0) is 10.0 Å². The minimum absolute atomic E-state index is 0.00622. The Bertz CT molecular complexity index is 572. The first kappa shape index (κ1) is 14.1. The molecule has 1 heterocycles. The van der Waals surface area contributed by atoms with E-state index in [1.807, 2.05) is 6.07 Å². The Morgan fingerprint density at radius 3 is 2.89 bits per heavy atom. The van der Waals surface area contributed by atoms with Gasteiger partial charge in [-0.05, 0) is 6.42 Å². The van der Waals surface area contributed by atoms with E-state index in [4.69, 9.17) is 10.4 Å². The summed E-state index contributed by atoms with van der Waals surface area (Å²) in [5, 5.41) is 22.4. The molecule has 1 rings (SSSR count). The number of aromatic nitrogens is 2. The van der Waals surface area contributed by atoms with Crippen LogP contribution in [-0.4, -0.2) is 35.7 Å². The highest BCUT2D eigenvalue weighted by Crippen LogP contribution is 2.13. The van der Waals surface area contributed by atoms with Crippen LogP contribution in [0.15, 0.2) is 11.2 Å². The Morgan fingerprint density at radius 1 is 1.72 bits per heavy atom. The number of nitrogens with zero attached hydrogens (tertiary/aromatic N) is 2. The Morgan fingerprint density at radius 2 is 2.39 bits per heavy atom. The zero-order chi connectivity index (χ0) is 13.8. The molecule has 18 heavy (non-hydrogen) atoms. The molecule has 1 atom stereocenters. The summed E-state index contributed by atoms with van der Waals surface area (Å²) in [4.78, 5) is 10.8. The number of carboxylic acids is 1. The van der Waals surface area contributed by atoms with Crippen LogP contribution in [0.25, 0.3) is 0 Å². The molecule has 9 heteroatoms. The van der Waals surface area contributed by atoms with E-state index in [-0.39, 0.29) is 6.42 Å². The summed E-state index contributed by atoms with van der Waals surface area (Å²) in [5.74, 6) is -1.39. The fourth-order valence-electron chi connectivity index (χ4n) is 1.29. The second-order valence-electron chi connectivity index (χ2n) is 3.51. The summed E-state index contributed by atoms with van der Waals surface area (Å²) in [7, 11) is -4.03. The highest BCUT2D eigenvalue weighted by Gasteiger charge is 2.26. The van der Waals surface area contributed by atoms with Crippen LogP contribution in [0.1, 0.15) is 30.1 Å². The van der Waals surface area contributed by atoms with Gasteiger partial charge in [-0.2, -0.15) is 10.4 Å². The van der Waals surface area contributed by atoms with Crippen molar-refractivity contribution in [1.29, 1.82) is 5.26 Å². The molecule has 0 fully saturated rings. The largest absolute Gasteiger partial charge is 0.478 e. The first-order chi connectivity index (χ1) is 8.42. The predicted octanol–water partition coefficient (Wildman–Crippen LogP) is 0.0785. The summed E-state index contributed by atoms with van der Waals surface area (Å²) >= 11 is 0. The molecule has 1 aromatic rings. The Kier molecular flexibility index (Phi) is 4.41. The van der Waals surface area contributed by atoms with Crippen LogP contribution >= 0.6 is 0 Å². The highest BCUT2D eigenvalue weighted by molar-refractivity contribution is 7.89. The Labute approximate surface area is 104 Å². The number of sulfonamides is 1. The first-order valence-corrected chi connectivity index (χ1v) is 6.56. The fourth-order valence-corrected chi connectivity index (χ4v) is 2.70. The number of carboxylic acid groups (broad SMARTS) is 1. The molecular formula is C9H12N4O4S. The number of aromatic carboxylic acids is 1. The van der Waals surface area contributed by atoms with Crippen molar-refractivity contribution in [3.05, 3.63) is 11.8 Å². The van der Waals surface area contributed by atoms with Crippen molar-refractivity contribution < 1.29 is 18.3 Å². The summed E-state index contributed by atoms with van der Waals surface area (Å²) in [6.45, 7) is 1.72. The number of hydrogen-bond donors (Lipinski definition) is 3. The topological polar surface area (TPSA) is 136 Å². The van der Waals surface area contributed by atoms with E-state index < -0.39 is 32.6 Å². The molecule has 0 amide bonds. The molecular weight excluding hydrogens is 260 g/mol. The van der Waals surface area contributed by atoms with Crippen LogP contribution in [0.4, 0.5) is 0 Å². The SMILES string of the molecule is CCC(CC#N)NS(=O)(=O)c1[nH]ncc1C(=O)O. The summed E-state index contributed by atoms with van der Waals surface area (Å²) in [5.41, 5.74) is -0.436. The highest BCUT2D eigenvalue weighted by atomic mass is 32.2. The van der Waals surface area contributed by atoms with E-state index in [1.165, 1.54) is 0 Å². The van der Waals surface area contributed by atoms with E-state index in [1.54, 1.807) is 6.92 Å². The molecule has 0 aliphatic rings. The average molecular weight is 272 g/mol. The lowest BCUT2D eigenvalue weighted by Gasteiger charge is -2.13. The van der Waals surface area contributed by atoms with Crippen molar-refractivity contribution >= 4 is 16.0 Å². The molecule has 0 spiro atoms. The maximum atomic E-state index is 11.9. The lowest BCUT2D eigenvalue weighted by atomic mass is 10.2. The van der Waals surface area contributed by atoms with Crippen molar-refractivity contribution in [3.8, 4) is 6.07 Å². The van der Waals surface area contributed by atoms with Crippen molar-refractivity contribution in [3.63, 3.8) is 0 Å². The standard InChI is InChI=1S/C9H12N4O4S/c1-2-6(3-4-10)13-18(16,17)8-7(9(14)15)5-11-12-8/h5-6,13H,2-3H2,1H3,(H,11,12)(H,14,15). The van der Waals surface area contributed by atoms with E-state index in [2.05, 4.69) is 14.9 Å². The number of H-pyrrole nitrogens is 1. The maximum Gasteiger partial charge on any atom is 0.340 e. The average Bonchev–Trinajstić information content (AvgIpc) is 2.77. The predicted molar refractivity (Wildman–Crippen MR) is 60.2 cm³/mol. The van der Waals surface area contributed by atoms with Gasteiger partial charge in [0.15, 0.2) is 5.03 Å². The van der Waals surface area contributed by atoms with E-state index in [0.717, 1.165) is 6.20 Å². The maximum absolute atomic E-state index is 11.9.